The van der Waals surface area contributed by atoms with Gasteiger partial charge in [0, 0.05) is 19.6 Å². The molecule has 0 aromatic heterocycles. The van der Waals surface area contributed by atoms with Gasteiger partial charge >= 0.3 is 0 Å². The molecule has 0 heterocycles. The van der Waals surface area contributed by atoms with Crippen LogP contribution in [0.3, 0.4) is 0 Å². The highest BCUT2D eigenvalue weighted by atomic mass is 16.5. The molecular weight excluding hydrogens is 250 g/mol. The van der Waals surface area contributed by atoms with Gasteiger partial charge in [-0.2, -0.15) is 0 Å². The van der Waals surface area contributed by atoms with Gasteiger partial charge in [0.25, 0.3) is 0 Å². The minimum Gasteiger partial charge on any atom is -0.496 e. The number of ether oxygens (including phenoxy) is 1. The lowest BCUT2D eigenvalue weighted by molar-refractivity contribution is 0.409. The maximum Gasteiger partial charge on any atom is 0.191 e. The summed E-state index contributed by atoms with van der Waals surface area (Å²) in [6.07, 6.45) is 6.10. The highest BCUT2D eigenvalue weighted by Gasteiger charge is 2.15. The second-order valence-electron chi connectivity index (χ2n) is 5.19. The van der Waals surface area contributed by atoms with Gasteiger partial charge in [-0.1, -0.05) is 31.0 Å². The molecule has 0 aliphatic heterocycles. The van der Waals surface area contributed by atoms with Crippen molar-refractivity contribution in [2.45, 2.75) is 38.1 Å². The van der Waals surface area contributed by atoms with E-state index in [1.54, 1.807) is 7.11 Å². The number of para-hydroxylation sites is 1. The molecule has 0 amide bonds. The quantitative estimate of drug-likeness (QED) is 0.640. The van der Waals surface area contributed by atoms with Gasteiger partial charge in [0.05, 0.1) is 7.11 Å². The summed E-state index contributed by atoms with van der Waals surface area (Å²) in [6.45, 7) is 0.854. The van der Waals surface area contributed by atoms with Crippen LogP contribution in [0.4, 0.5) is 0 Å². The van der Waals surface area contributed by atoms with Gasteiger partial charge in [0.1, 0.15) is 5.75 Å². The number of aliphatic imine (C=N–C) groups is 1. The van der Waals surface area contributed by atoms with Crippen molar-refractivity contribution in [1.82, 2.24) is 10.6 Å². The van der Waals surface area contributed by atoms with E-state index in [4.69, 9.17) is 4.74 Å². The van der Waals surface area contributed by atoms with E-state index in [2.05, 4.69) is 21.7 Å². The second kappa shape index (κ2) is 7.78. The Bertz CT molecular complexity index is 439. The van der Waals surface area contributed by atoms with E-state index in [1.165, 1.54) is 31.2 Å². The summed E-state index contributed by atoms with van der Waals surface area (Å²) < 4.78 is 5.36. The van der Waals surface area contributed by atoms with Crippen LogP contribution < -0.4 is 15.4 Å². The SMILES string of the molecule is CN=C(NCCc1ccccc1OC)NC1CCCC1. The smallest absolute Gasteiger partial charge is 0.191 e. The number of hydrogen-bond acceptors (Lipinski definition) is 2. The van der Waals surface area contributed by atoms with E-state index in [0.29, 0.717) is 6.04 Å². The van der Waals surface area contributed by atoms with Crippen LogP contribution >= 0.6 is 0 Å². The molecule has 0 atom stereocenters. The van der Waals surface area contributed by atoms with Gasteiger partial charge in [0.2, 0.25) is 0 Å². The Hall–Kier alpha value is -1.71. The third-order valence-electron chi connectivity index (χ3n) is 3.80. The maximum atomic E-state index is 5.36. The molecule has 2 N–H and O–H groups in total. The first-order valence-electron chi connectivity index (χ1n) is 7.42. The van der Waals surface area contributed by atoms with Gasteiger partial charge in [0.15, 0.2) is 5.96 Å². The number of nitrogens with zero attached hydrogens (tertiary/aromatic N) is 1. The molecule has 1 saturated carbocycles. The van der Waals surface area contributed by atoms with Gasteiger partial charge in [-0.15, -0.1) is 0 Å². The standard InChI is InChI=1S/C16H25N3O/c1-17-16(19-14-8-4-5-9-14)18-12-11-13-7-3-6-10-15(13)20-2/h3,6-7,10,14H,4-5,8-9,11-12H2,1-2H3,(H2,17,18,19). The molecule has 0 bridgehead atoms. The van der Waals surface area contributed by atoms with Crippen molar-refractivity contribution in [2.75, 3.05) is 20.7 Å². The minimum atomic E-state index is 0.590. The Balaban J connectivity index is 1.78. The van der Waals surface area contributed by atoms with E-state index < -0.39 is 0 Å². The summed E-state index contributed by atoms with van der Waals surface area (Å²) in [5, 5.41) is 6.87. The summed E-state index contributed by atoms with van der Waals surface area (Å²) in [6, 6.07) is 8.74. The zero-order chi connectivity index (χ0) is 14.2. The molecule has 1 aromatic carbocycles. The predicted octanol–water partition coefficient (Wildman–Crippen LogP) is 2.35. The lowest BCUT2D eigenvalue weighted by atomic mass is 10.1. The zero-order valence-electron chi connectivity index (χ0n) is 12.5. The van der Waals surface area contributed by atoms with Gasteiger partial charge in [-0.05, 0) is 30.9 Å². The number of hydrogen-bond donors (Lipinski definition) is 2. The van der Waals surface area contributed by atoms with E-state index in [0.717, 1.165) is 24.7 Å². The first-order chi connectivity index (χ1) is 9.83. The van der Waals surface area contributed by atoms with Crippen molar-refractivity contribution in [3.05, 3.63) is 29.8 Å². The van der Waals surface area contributed by atoms with Crippen molar-refractivity contribution in [1.29, 1.82) is 0 Å². The average Bonchev–Trinajstić information content (AvgIpc) is 2.99. The van der Waals surface area contributed by atoms with E-state index in [1.807, 2.05) is 25.2 Å². The fraction of sp³-hybridized carbons (Fsp3) is 0.562. The highest BCUT2D eigenvalue weighted by Crippen LogP contribution is 2.18. The Morgan fingerprint density at radius 3 is 2.75 bits per heavy atom. The predicted molar refractivity (Wildman–Crippen MR) is 83.5 cm³/mol. The summed E-state index contributed by atoms with van der Waals surface area (Å²) >= 11 is 0. The molecule has 1 fully saturated rings. The first kappa shape index (κ1) is 14.7. The van der Waals surface area contributed by atoms with Crippen LogP contribution in [0.5, 0.6) is 5.75 Å². The molecule has 4 heteroatoms. The van der Waals surface area contributed by atoms with Gasteiger partial charge in [-0.3, -0.25) is 4.99 Å². The number of rotatable bonds is 5. The molecule has 1 aromatic rings. The van der Waals surface area contributed by atoms with Crippen LogP contribution in [0, 0.1) is 0 Å². The topological polar surface area (TPSA) is 45.7 Å². The molecule has 1 aliphatic carbocycles. The second-order valence-corrected chi connectivity index (χ2v) is 5.19. The summed E-state index contributed by atoms with van der Waals surface area (Å²) in [7, 11) is 3.54. The van der Waals surface area contributed by atoms with Crippen molar-refractivity contribution >= 4 is 5.96 Å². The van der Waals surface area contributed by atoms with Crippen LogP contribution in [-0.2, 0) is 6.42 Å². The average molecular weight is 275 g/mol. The van der Waals surface area contributed by atoms with Crippen LogP contribution in [-0.4, -0.2) is 32.7 Å². The fourth-order valence-corrected chi connectivity index (χ4v) is 2.68. The lowest BCUT2D eigenvalue weighted by Crippen LogP contribution is -2.43. The molecule has 4 nitrogen and oxygen atoms in total. The molecule has 20 heavy (non-hydrogen) atoms. The van der Waals surface area contributed by atoms with Crippen LogP contribution in [0.15, 0.2) is 29.3 Å². The molecule has 1 aliphatic rings. The molecule has 0 spiro atoms. The minimum absolute atomic E-state index is 0.590. The molecular formula is C16H25N3O. The van der Waals surface area contributed by atoms with Crippen LogP contribution in [0.2, 0.25) is 0 Å². The summed E-state index contributed by atoms with van der Waals surface area (Å²) in [5.74, 6) is 1.86. The Labute approximate surface area is 121 Å². The maximum absolute atomic E-state index is 5.36. The van der Waals surface area contributed by atoms with Crippen molar-refractivity contribution in [3.8, 4) is 5.75 Å². The number of methoxy groups -OCH3 is 1. The molecule has 0 radical (unpaired) electrons. The van der Waals surface area contributed by atoms with Gasteiger partial charge < -0.3 is 15.4 Å². The first-order valence-corrected chi connectivity index (χ1v) is 7.42. The van der Waals surface area contributed by atoms with Crippen molar-refractivity contribution in [2.24, 2.45) is 4.99 Å². The molecule has 0 saturated heterocycles. The van der Waals surface area contributed by atoms with E-state index >= 15 is 0 Å². The largest absolute Gasteiger partial charge is 0.496 e. The molecule has 110 valence electrons. The van der Waals surface area contributed by atoms with Crippen LogP contribution in [0.1, 0.15) is 31.2 Å². The van der Waals surface area contributed by atoms with Gasteiger partial charge in [-0.25, -0.2) is 0 Å². The van der Waals surface area contributed by atoms with E-state index in [9.17, 15) is 0 Å². The third-order valence-corrected chi connectivity index (χ3v) is 3.80. The third kappa shape index (κ3) is 4.15. The summed E-state index contributed by atoms with van der Waals surface area (Å²) in [5.41, 5.74) is 1.22. The van der Waals surface area contributed by atoms with Crippen molar-refractivity contribution < 1.29 is 4.74 Å². The van der Waals surface area contributed by atoms with E-state index in [-0.39, 0.29) is 0 Å². The molecule has 0 unspecified atom stereocenters. The normalized spacial score (nSPS) is 16.2. The van der Waals surface area contributed by atoms with Crippen molar-refractivity contribution in [3.63, 3.8) is 0 Å². The highest BCUT2D eigenvalue weighted by molar-refractivity contribution is 5.80. The Morgan fingerprint density at radius 1 is 1.30 bits per heavy atom. The Kier molecular flexibility index (Phi) is 5.71. The van der Waals surface area contributed by atoms with Crippen LogP contribution in [0.25, 0.3) is 0 Å². The fourth-order valence-electron chi connectivity index (χ4n) is 2.68. The number of benzene rings is 1. The monoisotopic (exact) mass is 275 g/mol. The zero-order valence-corrected chi connectivity index (χ0v) is 12.5. The molecule has 2 rings (SSSR count). The lowest BCUT2D eigenvalue weighted by Gasteiger charge is -2.17. The number of nitrogens with one attached hydrogen (secondary N) is 2. The summed E-state index contributed by atoms with van der Waals surface area (Å²) in [4.78, 5) is 4.29. The number of guanidine groups is 1. The Morgan fingerprint density at radius 2 is 2.05 bits per heavy atom.